The van der Waals surface area contributed by atoms with Crippen LogP contribution in [0, 0.1) is 11.3 Å². The van der Waals surface area contributed by atoms with E-state index in [1.165, 1.54) is 11.3 Å². The number of carbonyl (C=O) groups is 1. The van der Waals surface area contributed by atoms with Crippen molar-refractivity contribution in [3.63, 3.8) is 0 Å². The Morgan fingerprint density at radius 1 is 1.38 bits per heavy atom. The predicted molar refractivity (Wildman–Crippen MR) is 95.6 cm³/mol. The fraction of sp³-hybridized carbons (Fsp3) is 0.333. The molecule has 126 valence electrons. The fourth-order valence-electron chi connectivity index (χ4n) is 2.31. The van der Waals surface area contributed by atoms with Gasteiger partial charge in [0.05, 0.1) is 0 Å². The SMILES string of the molecule is C[C@@H](CCCO)NC(=O)NCc1cccc(-c2ccc(C#N)s2)c1. The van der Waals surface area contributed by atoms with E-state index in [2.05, 4.69) is 16.7 Å². The van der Waals surface area contributed by atoms with Crippen LogP contribution in [0.4, 0.5) is 4.79 Å². The molecule has 1 aromatic carbocycles. The number of rotatable bonds is 7. The molecule has 0 fully saturated rings. The van der Waals surface area contributed by atoms with Gasteiger partial charge in [0.15, 0.2) is 0 Å². The second kappa shape index (κ2) is 9.06. The smallest absolute Gasteiger partial charge is 0.315 e. The van der Waals surface area contributed by atoms with Crippen LogP contribution in [0.25, 0.3) is 10.4 Å². The Kier molecular flexibility index (Phi) is 6.79. The zero-order valence-electron chi connectivity index (χ0n) is 13.6. The zero-order valence-corrected chi connectivity index (χ0v) is 14.4. The van der Waals surface area contributed by atoms with Crippen molar-refractivity contribution in [3.8, 4) is 16.5 Å². The lowest BCUT2D eigenvalue weighted by Crippen LogP contribution is -2.40. The van der Waals surface area contributed by atoms with Gasteiger partial charge in [0.25, 0.3) is 0 Å². The molecule has 0 radical (unpaired) electrons. The number of aliphatic hydroxyl groups is 1. The first kappa shape index (κ1) is 18.0. The molecule has 2 rings (SSSR count). The van der Waals surface area contributed by atoms with Crippen LogP contribution in [0.3, 0.4) is 0 Å². The van der Waals surface area contributed by atoms with Crippen molar-refractivity contribution in [2.24, 2.45) is 0 Å². The summed E-state index contributed by atoms with van der Waals surface area (Å²) in [6.45, 7) is 2.49. The summed E-state index contributed by atoms with van der Waals surface area (Å²) in [7, 11) is 0. The number of thiophene rings is 1. The van der Waals surface area contributed by atoms with Gasteiger partial charge in [-0.05, 0) is 49.1 Å². The molecule has 2 amide bonds. The maximum absolute atomic E-state index is 11.9. The third kappa shape index (κ3) is 5.37. The van der Waals surface area contributed by atoms with Crippen LogP contribution >= 0.6 is 11.3 Å². The molecule has 0 spiro atoms. The van der Waals surface area contributed by atoms with Crippen molar-refractivity contribution in [3.05, 3.63) is 46.8 Å². The quantitative estimate of drug-likeness (QED) is 0.721. The largest absolute Gasteiger partial charge is 0.396 e. The summed E-state index contributed by atoms with van der Waals surface area (Å²) in [4.78, 5) is 13.6. The Bertz CT molecular complexity index is 721. The third-order valence-corrected chi connectivity index (χ3v) is 4.59. The number of nitriles is 1. The first-order valence-corrected chi connectivity index (χ1v) is 8.68. The number of benzene rings is 1. The maximum Gasteiger partial charge on any atom is 0.315 e. The summed E-state index contributed by atoms with van der Waals surface area (Å²) in [5.74, 6) is 0. The number of nitrogens with zero attached hydrogens (tertiary/aromatic N) is 1. The molecule has 0 aliphatic carbocycles. The summed E-state index contributed by atoms with van der Waals surface area (Å²) >= 11 is 1.45. The zero-order chi connectivity index (χ0) is 17.4. The Hall–Kier alpha value is -2.36. The second-order valence-corrected chi connectivity index (χ2v) is 6.65. The Morgan fingerprint density at radius 2 is 2.21 bits per heavy atom. The van der Waals surface area contributed by atoms with E-state index in [4.69, 9.17) is 10.4 Å². The van der Waals surface area contributed by atoms with Crippen molar-refractivity contribution in [2.75, 3.05) is 6.61 Å². The summed E-state index contributed by atoms with van der Waals surface area (Å²) in [6.07, 6.45) is 1.42. The molecule has 1 atom stereocenters. The molecule has 5 nitrogen and oxygen atoms in total. The van der Waals surface area contributed by atoms with Crippen LogP contribution in [-0.2, 0) is 6.54 Å². The van der Waals surface area contributed by atoms with Crippen molar-refractivity contribution < 1.29 is 9.90 Å². The molecule has 0 aliphatic heterocycles. The molecule has 3 N–H and O–H groups in total. The normalized spacial score (nSPS) is 11.5. The van der Waals surface area contributed by atoms with Gasteiger partial charge in [-0.3, -0.25) is 0 Å². The summed E-state index contributed by atoms with van der Waals surface area (Å²) < 4.78 is 0. The average Bonchev–Trinajstić information content (AvgIpc) is 3.07. The minimum absolute atomic E-state index is 0.0269. The molecule has 24 heavy (non-hydrogen) atoms. The highest BCUT2D eigenvalue weighted by Crippen LogP contribution is 2.28. The van der Waals surface area contributed by atoms with Crippen molar-refractivity contribution in [1.29, 1.82) is 5.26 Å². The minimum atomic E-state index is -0.214. The van der Waals surface area contributed by atoms with Gasteiger partial charge >= 0.3 is 6.03 Å². The van der Waals surface area contributed by atoms with E-state index < -0.39 is 0 Å². The highest BCUT2D eigenvalue weighted by molar-refractivity contribution is 7.16. The monoisotopic (exact) mass is 343 g/mol. The first-order chi connectivity index (χ1) is 11.6. The lowest BCUT2D eigenvalue weighted by atomic mass is 10.1. The second-order valence-electron chi connectivity index (χ2n) is 5.57. The van der Waals surface area contributed by atoms with E-state index in [0.717, 1.165) is 22.4 Å². The van der Waals surface area contributed by atoms with E-state index in [1.54, 1.807) is 0 Å². The van der Waals surface area contributed by atoms with Gasteiger partial charge in [-0.2, -0.15) is 5.26 Å². The third-order valence-electron chi connectivity index (χ3n) is 3.55. The molecular formula is C18H21N3O2S. The molecular weight excluding hydrogens is 322 g/mol. The van der Waals surface area contributed by atoms with Gasteiger partial charge in [-0.15, -0.1) is 11.3 Å². The molecule has 6 heteroatoms. The van der Waals surface area contributed by atoms with E-state index >= 15 is 0 Å². The summed E-state index contributed by atoms with van der Waals surface area (Å²) in [5, 5.41) is 23.4. The topological polar surface area (TPSA) is 85.2 Å². The number of urea groups is 1. The number of carbonyl (C=O) groups excluding carboxylic acids is 1. The van der Waals surface area contributed by atoms with E-state index in [9.17, 15) is 4.79 Å². The van der Waals surface area contributed by atoms with Gasteiger partial charge < -0.3 is 15.7 Å². The van der Waals surface area contributed by atoms with Gasteiger partial charge in [-0.1, -0.05) is 18.2 Å². The van der Waals surface area contributed by atoms with Crippen LogP contribution in [-0.4, -0.2) is 23.8 Å². The highest BCUT2D eigenvalue weighted by atomic mass is 32.1. The molecule has 1 aromatic heterocycles. The number of amides is 2. The van der Waals surface area contributed by atoms with E-state index in [-0.39, 0.29) is 18.7 Å². The van der Waals surface area contributed by atoms with Crippen molar-refractivity contribution in [2.45, 2.75) is 32.4 Å². The van der Waals surface area contributed by atoms with Crippen LogP contribution < -0.4 is 10.6 Å². The van der Waals surface area contributed by atoms with Gasteiger partial charge in [-0.25, -0.2) is 4.79 Å². The molecule has 0 saturated carbocycles. The van der Waals surface area contributed by atoms with E-state index in [0.29, 0.717) is 17.8 Å². The Labute approximate surface area is 145 Å². The molecule has 0 bridgehead atoms. The molecule has 0 unspecified atom stereocenters. The van der Waals surface area contributed by atoms with Crippen LogP contribution in [0.1, 0.15) is 30.2 Å². The van der Waals surface area contributed by atoms with E-state index in [1.807, 2.05) is 43.3 Å². The summed E-state index contributed by atoms with van der Waals surface area (Å²) in [5.41, 5.74) is 2.04. The Balaban J connectivity index is 1.90. The summed E-state index contributed by atoms with van der Waals surface area (Å²) in [6, 6.07) is 13.6. The fourth-order valence-corrected chi connectivity index (χ4v) is 3.11. The van der Waals surface area contributed by atoms with Crippen LogP contribution in [0.5, 0.6) is 0 Å². The molecule has 0 aliphatic rings. The van der Waals surface area contributed by atoms with Gasteiger partial charge in [0.1, 0.15) is 10.9 Å². The lowest BCUT2D eigenvalue weighted by Gasteiger charge is -2.14. The maximum atomic E-state index is 11.9. The van der Waals surface area contributed by atoms with Crippen LogP contribution in [0.2, 0.25) is 0 Å². The van der Waals surface area contributed by atoms with Crippen molar-refractivity contribution in [1.82, 2.24) is 10.6 Å². The van der Waals surface area contributed by atoms with Crippen molar-refractivity contribution >= 4 is 17.4 Å². The average molecular weight is 343 g/mol. The van der Waals surface area contributed by atoms with Crippen LogP contribution in [0.15, 0.2) is 36.4 Å². The standard InChI is InChI=1S/C18H21N3O2S/c1-13(4-3-9-22)21-18(23)20-12-14-5-2-6-15(10-14)17-8-7-16(11-19)24-17/h2,5-8,10,13,22H,3-4,9,12H2,1H3,(H2,20,21,23)/t13-/m0/s1. The molecule has 1 heterocycles. The number of aliphatic hydroxyl groups excluding tert-OH is 1. The number of nitrogens with one attached hydrogen (secondary N) is 2. The van der Waals surface area contributed by atoms with Gasteiger partial charge in [0, 0.05) is 24.1 Å². The molecule has 0 saturated heterocycles. The Morgan fingerprint density at radius 3 is 2.92 bits per heavy atom. The van der Waals surface area contributed by atoms with Gasteiger partial charge in [0.2, 0.25) is 0 Å². The number of hydrogen-bond acceptors (Lipinski definition) is 4. The lowest BCUT2D eigenvalue weighted by molar-refractivity contribution is 0.234. The number of hydrogen-bond donors (Lipinski definition) is 3. The minimum Gasteiger partial charge on any atom is -0.396 e. The molecule has 2 aromatic rings. The highest BCUT2D eigenvalue weighted by Gasteiger charge is 2.07. The predicted octanol–water partition coefficient (Wildman–Crippen LogP) is 3.25. The first-order valence-electron chi connectivity index (χ1n) is 7.87.